The standard InChI is InChI=1S/C17H30O5.2C16H28O5.C15H23F3O5.C15H26O5.C14H24O5.C9H16O3/c1-8-17(7,14(19)21-10-12-9-20-12)11-16(5,6)13(18)22-15(2,3)4;1-7-16(6,14(18)20-9-12-8-19-12)10-15(4,5)13(17)21-11(2)3;1-6-8-19-13(17)15(3,4)11-16(5,7-2)14(18)21-10-12-9-20-12;1-5-14(4,12(20)22-7-10-6-21-10)8-13(2,3)11(19)23-9-15(16,17)18;1-6-15(5,13(17)20-9-11-8-19-11)10-14(3,4)12(16)18-7-2;1-6-14(4,9-13(2,3)11(15)17-5)12(16)19-8-10-7-18-10;1-4-9(2,3)8(10)12-6-7-5-11-7/h12H,8-11H2,1-7H3;11-12H,7-10H2,1-6H3;12H,6-11H2,1-5H3;10H,5-9H2,1-4H3;11H,6-10H2,1-5H3;10H,6-9H2,1-5H3;7H,4-6H2,1-3H3. The highest BCUT2D eigenvalue weighted by Crippen LogP contribution is 2.46. The van der Waals surface area contributed by atoms with E-state index in [-0.39, 0.29) is 133 Å². The molecule has 0 N–H and O–H groups in total. The van der Waals surface area contributed by atoms with Crippen LogP contribution in [0.3, 0.4) is 0 Å². The van der Waals surface area contributed by atoms with Gasteiger partial charge >= 0.3 is 83.8 Å². The van der Waals surface area contributed by atoms with Gasteiger partial charge in [-0.05, 0) is 270 Å². The first kappa shape index (κ1) is 129. The SMILES string of the molecule is CCC(C)(C)C(=O)OCC1CO1.CCC(C)(CC(C)(C)C(=O)OC(C)(C)C)C(=O)OCC1CO1.CCC(C)(CC(C)(C)C(=O)OC(C)C)C(=O)OCC1CO1.CCC(C)(CC(C)(C)C(=O)OC)C(=O)OCC1CO1.CCC(C)(CC(C)(C)C(=O)OCC(F)(F)F)C(=O)OCC1CO1.CCCOC(=O)C(C)(C)CC(C)(CC)C(=O)OCC1CO1.CCOC(=O)C(C)(C)CC(C)(CC)C(=O)OCC1CO1. The van der Waals surface area contributed by atoms with Gasteiger partial charge in [0.25, 0.3) is 0 Å². The number of hydrogen-bond donors (Lipinski definition) is 0. The molecule has 0 aromatic heterocycles. The lowest BCUT2D eigenvalue weighted by Gasteiger charge is -2.35. The number of carbonyl (C=O) groups is 13. The Morgan fingerprint density at radius 1 is 0.268 bits per heavy atom. The summed E-state index contributed by atoms with van der Waals surface area (Å²) in [6.45, 7) is 67.5. The number of halogens is 3. The molecule has 33 nitrogen and oxygen atoms in total. The zero-order chi connectivity index (χ0) is 107. The molecule has 13 atom stereocenters. The van der Waals surface area contributed by atoms with E-state index in [1.807, 2.05) is 173 Å². The van der Waals surface area contributed by atoms with Crippen molar-refractivity contribution in [2.24, 2.45) is 70.4 Å². The molecule has 7 rings (SSSR count). The number of methoxy groups -OCH3 is 1. The van der Waals surface area contributed by atoms with Crippen LogP contribution in [0.4, 0.5) is 13.2 Å². The summed E-state index contributed by atoms with van der Waals surface area (Å²) in [5.41, 5.74) is -10.2. The van der Waals surface area contributed by atoms with Crippen molar-refractivity contribution in [3.05, 3.63) is 0 Å². The van der Waals surface area contributed by atoms with E-state index in [0.29, 0.717) is 163 Å². The van der Waals surface area contributed by atoms with Gasteiger partial charge in [-0.15, -0.1) is 0 Å². The summed E-state index contributed by atoms with van der Waals surface area (Å²) in [5, 5.41) is 0. The summed E-state index contributed by atoms with van der Waals surface area (Å²) in [4.78, 5) is 157. The van der Waals surface area contributed by atoms with E-state index >= 15 is 0 Å². The average Bonchev–Trinajstić information content (AvgIpc) is 1.81. The Morgan fingerprint density at radius 2 is 0.471 bits per heavy atom. The molecule has 7 fully saturated rings. The van der Waals surface area contributed by atoms with E-state index in [4.69, 9.17) is 90.0 Å². The van der Waals surface area contributed by atoms with Crippen molar-refractivity contribution in [2.75, 3.05) is 119 Å². The maximum Gasteiger partial charge on any atom is 0.422 e. The number of alkyl halides is 3. The van der Waals surface area contributed by atoms with E-state index in [1.54, 1.807) is 48.5 Å². The molecular weight excluding hydrogens is 1810 g/mol. The molecule has 802 valence electrons. The summed E-state index contributed by atoms with van der Waals surface area (Å²) in [6.07, 6.45) is 2.63. The Kier molecular flexibility index (Phi) is 51.7. The lowest BCUT2D eigenvalue weighted by atomic mass is 9.72. The van der Waals surface area contributed by atoms with Crippen LogP contribution >= 0.6 is 0 Å². The molecule has 7 aliphatic rings. The van der Waals surface area contributed by atoms with Crippen molar-refractivity contribution in [2.45, 2.75) is 386 Å². The number of carbonyl (C=O) groups excluding carboxylic acids is 13. The van der Waals surface area contributed by atoms with Crippen LogP contribution in [0.25, 0.3) is 0 Å². The number of rotatable bonds is 51. The molecule has 0 aromatic rings. The summed E-state index contributed by atoms with van der Waals surface area (Å²) >= 11 is 0. The van der Waals surface area contributed by atoms with Crippen LogP contribution in [0, 0.1) is 70.4 Å². The van der Waals surface area contributed by atoms with Crippen molar-refractivity contribution in [1.82, 2.24) is 0 Å². The van der Waals surface area contributed by atoms with Crippen molar-refractivity contribution in [1.29, 1.82) is 0 Å². The average molecular weight is 1990 g/mol. The Hall–Kier alpha value is -7.38. The highest BCUT2D eigenvalue weighted by molar-refractivity contribution is 5.85. The van der Waals surface area contributed by atoms with E-state index in [2.05, 4.69) is 4.74 Å². The molecule has 13 unspecified atom stereocenters. The van der Waals surface area contributed by atoms with E-state index < -0.39 is 95.3 Å². The Balaban J connectivity index is 0.000000809. The second kappa shape index (κ2) is 55.5. The first-order valence-corrected chi connectivity index (χ1v) is 48.8. The maximum absolute atomic E-state index is 12.4. The molecule has 0 aliphatic carbocycles. The van der Waals surface area contributed by atoms with Crippen LogP contribution in [-0.2, 0) is 157 Å². The summed E-state index contributed by atoms with van der Waals surface area (Å²) < 4.78 is 138. The first-order chi connectivity index (χ1) is 63.2. The van der Waals surface area contributed by atoms with Crippen molar-refractivity contribution in [3.63, 3.8) is 0 Å². The fourth-order valence-electron chi connectivity index (χ4n) is 14.2. The van der Waals surface area contributed by atoms with Crippen LogP contribution < -0.4 is 0 Å². The van der Waals surface area contributed by atoms with Gasteiger partial charge in [-0.25, -0.2) is 0 Å². The summed E-state index contributed by atoms with van der Waals surface area (Å²) in [6, 6.07) is 0. The van der Waals surface area contributed by atoms with Gasteiger partial charge in [0.15, 0.2) is 6.61 Å². The molecule has 0 bridgehead atoms. The fraction of sp³-hybridized carbons (Fsp3) is 0.873. The third-order valence-corrected chi connectivity index (χ3v) is 25.0. The predicted octanol–water partition coefficient (Wildman–Crippen LogP) is 17.0. The van der Waals surface area contributed by atoms with Gasteiger partial charge in [-0.3, -0.25) is 62.3 Å². The highest BCUT2D eigenvalue weighted by Gasteiger charge is 2.51. The molecule has 7 aliphatic heterocycles. The maximum atomic E-state index is 12.4. The normalized spacial score (nSPS) is 21.0. The Bertz CT molecular complexity index is 3850. The molecule has 138 heavy (non-hydrogen) atoms. The molecule has 0 spiro atoms. The lowest BCUT2D eigenvalue weighted by molar-refractivity contribution is -0.194. The molecular formula is C102H175F3O33. The molecule has 0 aromatic carbocycles. The van der Waals surface area contributed by atoms with E-state index in [1.165, 1.54) is 21.0 Å². The third-order valence-electron chi connectivity index (χ3n) is 25.0. The molecule has 0 radical (unpaired) electrons. The van der Waals surface area contributed by atoms with Gasteiger partial charge in [0.2, 0.25) is 0 Å². The summed E-state index contributed by atoms with van der Waals surface area (Å²) in [5.74, 6) is -4.40. The minimum atomic E-state index is -4.58. The second-order valence-electron chi connectivity index (χ2n) is 44.5. The molecule has 0 saturated carbocycles. The number of ether oxygens (including phenoxy) is 20. The van der Waals surface area contributed by atoms with Gasteiger partial charge in [-0.2, -0.15) is 13.2 Å². The number of epoxide rings is 7. The van der Waals surface area contributed by atoms with Crippen LogP contribution in [-0.4, -0.2) is 258 Å². The van der Waals surface area contributed by atoms with Crippen LogP contribution in [0.15, 0.2) is 0 Å². The van der Waals surface area contributed by atoms with E-state index in [0.717, 1.165) is 19.4 Å². The first-order valence-electron chi connectivity index (χ1n) is 48.8. The molecule has 7 heterocycles. The minimum absolute atomic E-state index is 0.0253. The summed E-state index contributed by atoms with van der Waals surface area (Å²) in [7, 11) is 1.36. The number of hydrogen-bond acceptors (Lipinski definition) is 33. The minimum Gasteiger partial charge on any atom is -0.469 e. The predicted molar refractivity (Wildman–Crippen MR) is 504 cm³/mol. The quantitative estimate of drug-likeness (QED) is 0.0310. The zero-order valence-electron chi connectivity index (χ0n) is 90.1. The smallest absolute Gasteiger partial charge is 0.422 e. The van der Waals surface area contributed by atoms with Gasteiger partial charge in [0, 0.05) is 0 Å². The Morgan fingerprint density at radius 3 is 0.659 bits per heavy atom. The highest BCUT2D eigenvalue weighted by atomic mass is 19.4. The lowest BCUT2D eigenvalue weighted by Crippen LogP contribution is -2.41. The number of esters is 13. The third kappa shape index (κ3) is 48.6. The van der Waals surface area contributed by atoms with Gasteiger partial charge < -0.3 is 94.7 Å². The molecule has 7 saturated heterocycles. The molecule has 0 amide bonds. The van der Waals surface area contributed by atoms with Gasteiger partial charge in [0.1, 0.15) is 94.6 Å². The van der Waals surface area contributed by atoms with Gasteiger partial charge in [0.05, 0.1) is 143 Å². The fourth-order valence-corrected chi connectivity index (χ4v) is 14.2. The second-order valence-corrected chi connectivity index (χ2v) is 44.5. The van der Waals surface area contributed by atoms with E-state index in [9.17, 15) is 75.5 Å². The van der Waals surface area contributed by atoms with Crippen molar-refractivity contribution >= 4 is 77.6 Å². The van der Waals surface area contributed by atoms with Crippen molar-refractivity contribution < 1.29 is 170 Å². The largest absolute Gasteiger partial charge is 0.469 e. The zero-order valence-corrected chi connectivity index (χ0v) is 90.1. The van der Waals surface area contributed by atoms with Crippen LogP contribution in [0.1, 0.15) is 325 Å². The monoisotopic (exact) mass is 1990 g/mol. The van der Waals surface area contributed by atoms with Crippen molar-refractivity contribution in [3.8, 4) is 0 Å². The Labute approximate surface area is 819 Å². The topological polar surface area (TPSA) is 430 Å². The van der Waals surface area contributed by atoms with Crippen LogP contribution in [0.5, 0.6) is 0 Å². The molecule has 36 heteroatoms. The van der Waals surface area contributed by atoms with Crippen LogP contribution in [0.2, 0.25) is 0 Å². The van der Waals surface area contributed by atoms with Gasteiger partial charge in [-0.1, -0.05) is 55.4 Å².